The Labute approximate surface area is 128 Å². The number of hydrogen-bond acceptors (Lipinski definition) is 2. The maximum atomic E-state index is 12.1. The number of carbonyl (C=O) groups excluding carboxylic acids is 1. The van der Waals surface area contributed by atoms with E-state index in [2.05, 4.69) is 24.1 Å². The molecule has 1 N–H and O–H groups in total. The number of nitrogens with zero attached hydrogens (tertiary/aromatic N) is 1. The number of likely N-dealkylation sites (tertiary alicyclic amines) is 1. The fourth-order valence-electron chi connectivity index (χ4n) is 2.98. The van der Waals surface area contributed by atoms with Crippen LogP contribution in [0.25, 0.3) is 0 Å². The monoisotopic (exact) mass is 288 g/mol. The molecule has 1 saturated heterocycles. The van der Waals surface area contributed by atoms with Crippen LogP contribution in [0, 0.1) is 19.8 Å². The maximum absolute atomic E-state index is 12.1. The summed E-state index contributed by atoms with van der Waals surface area (Å²) >= 11 is 0. The second-order valence-electron chi connectivity index (χ2n) is 6.46. The van der Waals surface area contributed by atoms with Crippen molar-refractivity contribution in [1.82, 2.24) is 10.2 Å². The van der Waals surface area contributed by atoms with Crippen molar-refractivity contribution in [1.29, 1.82) is 0 Å². The lowest BCUT2D eigenvalue weighted by molar-refractivity contribution is 0.0950. The SMILES string of the molecule is Cc1ccc(C(=O)NCCCN2CCC[C@@H](C)C2)cc1C. The average Bonchev–Trinajstić information content (AvgIpc) is 2.46. The summed E-state index contributed by atoms with van der Waals surface area (Å²) in [6.07, 6.45) is 3.71. The summed E-state index contributed by atoms with van der Waals surface area (Å²) in [5.74, 6) is 0.869. The van der Waals surface area contributed by atoms with E-state index in [0.29, 0.717) is 0 Å². The molecule has 1 amide bonds. The Kier molecular flexibility index (Phi) is 5.80. The van der Waals surface area contributed by atoms with Crippen molar-refractivity contribution in [2.75, 3.05) is 26.2 Å². The van der Waals surface area contributed by atoms with Gasteiger partial charge in [-0.3, -0.25) is 4.79 Å². The molecule has 116 valence electrons. The van der Waals surface area contributed by atoms with Crippen LogP contribution in [0.1, 0.15) is 47.7 Å². The van der Waals surface area contributed by atoms with Crippen molar-refractivity contribution in [3.8, 4) is 0 Å². The van der Waals surface area contributed by atoms with Gasteiger partial charge >= 0.3 is 0 Å². The van der Waals surface area contributed by atoms with Gasteiger partial charge in [-0.1, -0.05) is 13.0 Å². The second kappa shape index (κ2) is 7.60. The molecule has 1 aromatic carbocycles. The zero-order valence-corrected chi connectivity index (χ0v) is 13.6. The third-order valence-electron chi connectivity index (χ3n) is 4.45. The highest BCUT2D eigenvalue weighted by molar-refractivity contribution is 5.94. The first kappa shape index (κ1) is 16.0. The number of carbonyl (C=O) groups is 1. The van der Waals surface area contributed by atoms with Crippen LogP contribution in [0.2, 0.25) is 0 Å². The first-order chi connectivity index (χ1) is 10.1. The molecular weight excluding hydrogens is 260 g/mol. The second-order valence-corrected chi connectivity index (χ2v) is 6.46. The zero-order chi connectivity index (χ0) is 15.2. The Bertz CT molecular complexity index is 484. The molecular formula is C18H28N2O. The Balaban J connectivity index is 1.70. The van der Waals surface area contributed by atoms with Crippen molar-refractivity contribution in [3.63, 3.8) is 0 Å². The van der Waals surface area contributed by atoms with E-state index in [-0.39, 0.29) is 5.91 Å². The van der Waals surface area contributed by atoms with E-state index in [1.807, 2.05) is 25.1 Å². The molecule has 1 aliphatic rings. The number of nitrogens with one attached hydrogen (secondary N) is 1. The summed E-state index contributed by atoms with van der Waals surface area (Å²) < 4.78 is 0. The summed E-state index contributed by atoms with van der Waals surface area (Å²) in [5, 5.41) is 3.03. The van der Waals surface area contributed by atoms with E-state index in [1.54, 1.807) is 0 Å². The fraction of sp³-hybridized carbons (Fsp3) is 0.611. The summed E-state index contributed by atoms with van der Waals surface area (Å²) in [7, 11) is 0. The molecule has 0 saturated carbocycles. The van der Waals surface area contributed by atoms with Crippen molar-refractivity contribution < 1.29 is 4.79 Å². The highest BCUT2D eigenvalue weighted by Gasteiger charge is 2.15. The van der Waals surface area contributed by atoms with Crippen molar-refractivity contribution in [2.24, 2.45) is 5.92 Å². The molecule has 0 bridgehead atoms. The number of hydrogen-bond donors (Lipinski definition) is 1. The summed E-state index contributed by atoms with van der Waals surface area (Å²) in [5.41, 5.74) is 3.17. The first-order valence-corrected chi connectivity index (χ1v) is 8.14. The minimum atomic E-state index is 0.0464. The topological polar surface area (TPSA) is 32.3 Å². The van der Waals surface area contributed by atoms with Crippen LogP contribution < -0.4 is 5.32 Å². The van der Waals surface area contributed by atoms with E-state index < -0.39 is 0 Å². The van der Waals surface area contributed by atoms with Gasteiger partial charge in [-0.2, -0.15) is 0 Å². The van der Waals surface area contributed by atoms with Gasteiger partial charge in [0, 0.05) is 18.7 Å². The summed E-state index contributed by atoms with van der Waals surface area (Å²) in [4.78, 5) is 14.6. The van der Waals surface area contributed by atoms with Gasteiger partial charge in [0.1, 0.15) is 0 Å². The smallest absolute Gasteiger partial charge is 0.251 e. The van der Waals surface area contributed by atoms with Gasteiger partial charge < -0.3 is 10.2 Å². The van der Waals surface area contributed by atoms with E-state index in [1.165, 1.54) is 37.1 Å². The van der Waals surface area contributed by atoms with E-state index in [9.17, 15) is 4.79 Å². The third kappa shape index (κ3) is 4.85. The molecule has 3 heteroatoms. The predicted molar refractivity (Wildman–Crippen MR) is 87.7 cm³/mol. The van der Waals surface area contributed by atoms with Gasteiger partial charge in [-0.05, 0) is 75.4 Å². The molecule has 1 aromatic rings. The van der Waals surface area contributed by atoms with E-state index in [0.717, 1.165) is 31.0 Å². The molecule has 2 rings (SSSR count). The Hall–Kier alpha value is -1.35. The number of amides is 1. The standard InChI is InChI=1S/C18H28N2O/c1-14-6-4-10-20(13-14)11-5-9-19-18(21)17-8-7-15(2)16(3)12-17/h7-8,12,14H,4-6,9-11,13H2,1-3H3,(H,19,21)/t14-/m1/s1. The third-order valence-corrected chi connectivity index (χ3v) is 4.45. The molecule has 0 radical (unpaired) electrons. The molecule has 0 aliphatic carbocycles. The maximum Gasteiger partial charge on any atom is 0.251 e. The molecule has 1 atom stereocenters. The molecule has 1 fully saturated rings. The highest BCUT2D eigenvalue weighted by atomic mass is 16.1. The Morgan fingerprint density at radius 3 is 2.86 bits per heavy atom. The lowest BCUT2D eigenvalue weighted by Crippen LogP contribution is -2.36. The highest BCUT2D eigenvalue weighted by Crippen LogP contribution is 2.15. The van der Waals surface area contributed by atoms with Gasteiger partial charge in [0.25, 0.3) is 5.91 Å². The zero-order valence-electron chi connectivity index (χ0n) is 13.6. The molecule has 0 aromatic heterocycles. The van der Waals surface area contributed by atoms with Crippen molar-refractivity contribution >= 4 is 5.91 Å². The van der Waals surface area contributed by atoms with Crippen LogP contribution in [0.4, 0.5) is 0 Å². The van der Waals surface area contributed by atoms with Gasteiger partial charge in [-0.25, -0.2) is 0 Å². The van der Waals surface area contributed by atoms with Crippen LogP contribution in [-0.4, -0.2) is 37.0 Å². The van der Waals surface area contributed by atoms with Crippen LogP contribution >= 0.6 is 0 Å². The summed E-state index contributed by atoms with van der Waals surface area (Å²) in [6.45, 7) is 10.7. The largest absolute Gasteiger partial charge is 0.352 e. The molecule has 21 heavy (non-hydrogen) atoms. The van der Waals surface area contributed by atoms with Crippen molar-refractivity contribution in [2.45, 2.75) is 40.0 Å². The molecule has 1 aliphatic heterocycles. The van der Waals surface area contributed by atoms with Crippen LogP contribution in [-0.2, 0) is 0 Å². The lowest BCUT2D eigenvalue weighted by Gasteiger charge is -2.30. The summed E-state index contributed by atoms with van der Waals surface area (Å²) in [6, 6.07) is 5.89. The lowest BCUT2D eigenvalue weighted by atomic mass is 10.0. The minimum Gasteiger partial charge on any atom is -0.352 e. The van der Waals surface area contributed by atoms with Crippen LogP contribution in [0.5, 0.6) is 0 Å². The molecule has 3 nitrogen and oxygen atoms in total. The van der Waals surface area contributed by atoms with Gasteiger partial charge in [-0.15, -0.1) is 0 Å². The van der Waals surface area contributed by atoms with Gasteiger partial charge in [0.15, 0.2) is 0 Å². The normalized spacial score (nSPS) is 19.5. The number of piperidine rings is 1. The quantitative estimate of drug-likeness (QED) is 0.844. The Morgan fingerprint density at radius 2 is 2.14 bits per heavy atom. The van der Waals surface area contributed by atoms with Gasteiger partial charge in [0.2, 0.25) is 0 Å². The van der Waals surface area contributed by atoms with Crippen LogP contribution in [0.3, 0.4) is 0 Å². The Morgan fingerprint density at radius 1 is 1.33 bits per heavy atom. The number of aryl methyl sites for hydroxylation is 2. The fourth-order valence-corrected chi connectivity index (χ4v) is 2.98. The van der Waals surface area contributed by atoms with Gasteiger partial charge in [0.05, 0.1) is 0 Å². The number of rotatable bonds is 5. The first-order valence-electron chi connectivity index (χ1n) is 8.14. The molecule has 1 heterocycles. The van der Waals surface area contributed by atoms with E-state index in [4.69, 9.17) is 0 Å². The molecule has 0 spiro atoms. The van der Waals surface area contributed by atoms with Crippen LogP contribution in [0.15, 0.2) is 18.2 Å². The average molecular weight is 288 g/mol. The van der Waals surface area contributed by atoms with Crippen molar-refractivity contribution in [3.05, 3.63) is 34.9 Å². The minimum absolute atomic E-state index is 0.0464. The molecule has 0 unspecified atom stereocenters. The predicted octanol–water partition coefficient (Wildman–Crippen LogP) is 3.16. The van der Waals surface area contributed by atoms with E-state index >= 15 is 0 Å². The number of benzene rings is 1.